The lowest BCUT2D eigenvalue weighted by Crippen LogP contribution is -2.44. The molecule has 6 N–H and O–H groups in total. The minimum atomic E-state index is -1.65. The standard InChI is InChI=1S/C11H13N3O8/c12-4(2-15)7-5(16)6(17)9(22-7)14-1-3(10(19)20)8(18)13-11(14)21/h1-2,4-7,9,16-17H,12H2,(H,19,20)(H,13,18,21)/t4?,5-,6+,7+,9+/m0/s1. The quantitative estimate of drug-likeness (QED) is 0.350. The molecule has 0 amide bonds. The molecule has 0 saturated carbocycles. The predicted octanol–water partition coefficient (Wildman–Crippen LogP) is -3.62. The van der Waals surface area contributed by atoms with E-state index in [4.69, 9.17) is 15.6 Å². The van der Waals surface area contributed by atoms with Gasteiger partial charge in [0, 0.05) is 6.20 Å². The zero-order valence-corrected chi connectivity index (χ0v) is 10.9. The molecule has 1 unspecified atom stereocenters. The van der Waals surface area contributed by atoms with Gasteiger partial charge in [-0.05, 0) is 0 Å². The first-order valence-corrected chi connectivity index (χ1v) is 6.09. The summed E-state index contributed by atoms with van der Waals surface area (Å²) in [6, 6.07) is -1.26. The van der Waals surface area contributed by atoms with Crippen molar-refractivity contribution in [1.29, 1.82) is 0 Å². The van der Waals surface area contributed by atoms with Crippen molar-refractivity contribution >= 4 is 12.3 Å². The fourth-order valence-corrected chi connectivity index (χ4v) is 2.14. The number of carboxylic acids is 1. The average Bonchev–Trinajstić information content (AvgIpc) is 2.74. The third-order valence-electron chi connectivity index (χ3n) is 3.28. The van der Waals surface area contributed by atoms with Gasteiger partial charge in [0.1, 0.15) is 30.2 Å². The number of carboxylic acid groups (broad SMARTS) is 1. The number of hydrogen-bond acceptors (Lipinski definition) is 8. The largest absolute Gasteiger partial charge is 0.477 e. The summed E-state index contributed by atoms with van der Waals surface area (Å²) in [7, 11) is 0. The summed E-state index contributed by atoms with van der Waals surface area (Å²) in [5, 5.41) is 28.6. The summed E-state index contributed by atoms with van der Waals surface area (Å²) in [5.41, 5.74) is 2.48. The van der Waals surface area contributed by atoms with E-state index in [2.05, 4.69) is 0 Å². The summed E-state index contributed by atoms with van der Waals surface area (Å²) >= 11 is 0. The number of nitrogens with one attached hydrogen (secondary N) is 1. The molecule has 5 atom stereocenters. The van der Waals surface area contributed by atoms with Crippen LogP contribution in [0.1, 0.15) is 16.6 Å². The van der Waals surface area contributed by atoms with Crippen LogP contribution in [0.2, 0.25) is 0 Å². The molecule has 0 aliphatic carbocycles. The second-order valence-corrected chi connectivity index (χ2v) is 4.70. The van der Waals surface area contributed by atoms with Crippen LogP contribution in [0.15, 0.2) is 15.8 Å². The van der Waals surface area contributed by atoms with Gasteiger partial charge in [0.25, 0.3) is 5.56 Å². The first-order valence-electron chi connectivity index (χ1n) is 6.09. The number of aliphatic hydroxyl groups is 2. The molecule has 1 saturated heterocycles. The Morgan fingerprint density at radius 2 is 2.05 bits per heavy atom. The highest BCUT2D eigenvalue weighted by Crippen LogP contribution is 2.29. The predicted molar refractivity (Wildman–Crippen MR) is 68.2 cm³/mol. The van der Waals surface area contributed by atoms with Crippen LogP contribution in [0, 0.1) is 0 Å². The van der Waals surface area contributed by atoms with Crippen LogP contribution in [-0.4, -0.2) is 61.5 Å². The van der Waals surface area contributed by atoms with Crippen LogP contribution in [0.25, 0.3) is 0 Å². The number of aromatic nitrogens is 2. The van der Waals surface area contributed by atoms with Crippen molar-refractivity contribution in [2.75, 3.05) is 0 Å². The van der Waals surface area contributed by atoms with Crippen molar-refractivity contribution in [2.24, 2.45) is 5.73 Å². The maximum absolute atomic E-state index is 11.7. The molecule has 120 valence electrons. The van der Waals surface area contributed by atoms with Gasteiger partial charge in [-0.1, -0.05) is 0 Å². The number of H-pyrrole nitrogens is 1. The monoisotopic (exact) mass is 315 g/mol. The normalized spacial score (nSPS) is 29.2. The first kappa shape index (κ1) is 16.0. The van der Waals surface area contributed by atoms with E-state index in [1.807, 2.05) is 0 Å². The topological polar surface area (TPSA) is 185 Å². The SMILES string of the molecule is NC(C=O)[C@H]1O[C@@H](n2cc(C(=O)O)c(=O)[nH]c2=O)[C@H](O)[C@@H]1O. The Morgan fingerprint density at radius 1 is 1.41 bits per heavy atom. The van der Waals surface area contributed by atoms with Gasteiger partial charge in [-0.15, -0.1) is 0 Å². The average molecular weight is 315 g/mol. The number of rotatable bonds is 4. The van der Waals surface area contributed by atoms with Crippen molar-refractivity contribution in [3.05, 3.63) is 32.6 Å². The minimum absolute atomic E-state index is 0.293. The van der Waals surface area contributed by atoms with Crippen molar-refractivity contribution in [1.82, 2.24) is 9.55 Å². The summed E-state index contributed by atoms with van der Waals surface area (Å²) in [6.45, 7) is 0. The van der Waals surface area contributed by atoms with Crippen molar-refractivity contribution in [3.63, 3.8) is 0 Å². The maximum atomic E-state index is 11.7. The lowest BCUT2D eigenvalue weighted by atomic mass is 10.1. The highest BCUT2D eigenvalue weighted by Gasteiger charge is 2.46. The molecule has 0 radical (unpaired) electrons. The molecule has 1 aromatic rings. The molecule has 11 heteroatoms. The first-order chi connectivity index (χ1) is 10.3. The second-order valence-electron chi connectivity index (χ2n) is 4.70. The Hall–Kier alpha value is -2.34. The summed E-state index contributed by atoms with van der Waals surface area (Å²) in [6.07, 6.45) is -5.04. The number of aliphatic hydroxyl groups excluding tert-OH is 2. The van der Waals surface area contributed by atoms with Gasteiger partial charge in [0.05, 0.1) is 6.04 Å². The lowest BCUT2D eigenvalue weighted by Gasteiger charge is -2.18. The fourth-order valence-electron chi connectivity index (χ4n) is 2.14. The van der Waals surface area contributed by atoms with Crippen LogP contribution < -0.4 is 17.0 Å². The number of aromatic amines is 1. The molecule has 1 fully saturated rings. The zero-order valence-electron chi connectivity index (χ0n) is 10.9. The fraction of sp³-hybridized carbons (Fsp3) is 0.455. The molecular weight excluding hydrogens is 302 g/mol. The molecule has 2 heterocycles. The number of aromatic carboxylic acids is 1. The van der Waals surface area contributed by atoms with Crippen molar-refractivity contribution in [2.45, 2.75) is 30.6 Å². The molecule has 22 heavy (non-hydrogen) atoms. The second kappa shape index (κ2) is 5.81. The number of ether oxygens (including phenoxy) is 1. The smallest absolute Gasteiger partial charge is 0.342 e. The molecule has 0 spiro atoms. The molecule has 1 aliphatic heterocycles. The highest BCUT2D eigenvalue weighted by molar-refractivity contribution is 5.86. The van der Waals surface area contributed by atoms with E-state index in [-0.39, 0.29) is 0 Å². The summed E-state index contributed by atoms with van der Waals surface area (Å²) in [4.78, 5) is 46.4. The van der Waals surface area contributed by atoms with Crippen LogP contribution in [0.3, 0.4) is 0 Å². The summed E-state index contributed by atoms with van der Waals surface area (Å²) in [5.74, 6) is -1.59. The van der Waals surface area contributed by atoms with E-state index >= 15 is 0 Å². The molecule has 1 aliphatic rings. The van der Waals surface area contributed by atoms with Gasteiger partial charge in [0.2, 0.25) is 0 Å². The van der Waals surface area contributed by atoms with Crippen LogP contribution in [0.4, 0.5) is 0 Å². The maximum Gasteiger partial charge on any atom is 0.342 e. The van der Waals surface area contributed by atoms with Crippen LogP contribution in [0.5, 0.6) is 0 Å². The number of nitrogens with zero attached hydrogens (tertiary/aromatic N) is 1. The Balaban J connectivity index is 2.46. The van der Waals surface area contributed by atoms with Gasteiger partial charge in [-0.2, -0.15) is 0 Å². The van der Waals surface area contributed by atoms with Gasteiger partial charge in [-0.3, -0.25) is 14.3 Å². The number of carbonyl (C=O) groups excluding carboxylic acids is 1. The van der Waals surface area contributed by atoms with Gasteiger partial charge >= 0.3 is 11.7 Å². The Morgan fingerprint density at radius 3 is 2.59 bits per heavy atom. The van der Waals surface area contributed by atoms with Crippen molar-refractivity contribution < 1.29 is 29.6 Å². The zero-order chi connectivity index (χ0) is 16.6. The summed E-state index contributed by atoms with van der Waals surface area (Å²) < 4.78 is 5.78. The van der Waals surface area contributed by atoms with E-state index in [1.165, 1.54) is 0 Å². The van der Waals surface area contributed by atoms with E-state index in [1.54, 1.807) is 4.98 Å². The van der Waals surface area contributed by atoms with Gasteiger partial charge < -0.3 is 30.6 Å². The number of nitrogens with two attached hydrogens (primary N) is 1. The number of hydrogen-bond donors (Lipinski definition) is 5. The Bertz CT molecular complexity index is 710. The number of aldehydes is 1. The molecule has 11 nitrogen and oxygen atoms in total. The van der Waals surface area contributed by atoms with E-state index in [9.17, 15) is 29.4 Å². The molecular formula is C11H13N3O8. The molecule has 0 bridgehead atoms. The van der Waals surface area contributed by atoms with E-state index in [0.717, 1.165) is 0 Å². The molecule has 0 aromatic carbocycles. The third-order valence-corrected chi connectivity index (χ3v) is 3.28. The van der Waals surface area contributed by atoms with Gasteiger partial charge in [0.15, 0.2) is 6.23 Å². The highest BCUT2D eigenvalue weighted by atomic mass is 16.6. The lowest BCUT2D eigenvalue weighted by molar-refractivity contribution is -0.114. The van der Waals surface area contributed by atoms with E-state index < -0.39 is 53.4 Å². The Kier molecular flexibility index (Phi) is 4.23. The van der Waals surface area contributed by atoms with Crippen LogP contribution in [-0.2, 0) is 9.53 Å². The Labute approximate surface area is 121 Å². The van der Waals surface area contributed by atoms with Crippen molar-refractivity contribution in [3.8, 4) is 0 Å². The van der Waals surface area contributed by atoms with Crippen LogP contribution >= 0.6 is 0 Å². The van der Waals surface area contributed by atoms with E-state index in [0.29, 0.717) is 17.1 Å². The number of carbonyl (C=O) groups is 2. The molecule has 1 aromatic heterocycles. The third kappa shape index (κ3) is 2.57. The minimum Gasteiger partial charge on any atom is -0.477 e. The molecule has 2 rings (SSSR count). The van der Waals surface area contributed by atoms with Gasteiger partial charge in [-0.25, -0.2) is 9.59 Å².